The van der Waals surface area contributed by atoms with Gasteiger partial charge in [0.1, 0.15) is 17.6 Å². The Balaban J connectivity index is 1.55. The van der Waals surface area contributed by atoms with Gasteiger partial charge in [0.25, 0.3) is 5.91 Å². The van der Waals surface area contributed by atoms with E-state index in [1.807, 2.05) is 9.80 Å². The van der Waals surface area contributed by atoms with Gasteiger partial charge in [-0.15, -0.1) is 11.3 Å². The third-order valence-electron chi connectivity index (χ3n) is 5.74. The summed E-state index contributed by atoms with van der Waals surface area (Å²) < 4.78 is 0. The van der Waals surface area contributed by atoms with Crippen molar-refractivity contribution in [2.75, 3.05) is 36.5 Å². The summed E-state index contributed by atoms with van der Waals surface area (Å²) in [6, 6.07) is 2.10. The number of amides is 2. The van der Waals surface area contributed by atoms with E-state index in [4.69, 9.17) is 0 Å². The lowest BCUT2D eigenvalue weighted by molar-refractivity contribution is -0.119. The zero-order valence-corrected chi connectivity index (χ0v) is 16.9. The highest BCUT2D eigenvalue weighted by Crippen LogP contribution is 2.43. The summed E-state index contributed by atoms with van der Waals surface area (Å²) in [5.41, 5.74) is 2.03. The van der Waals surface area contributed by atoms with E-state index in [-0.39, 0.29) is 18.4 Å². The molecule has 0 radical (unpaired) electrons. The van der Waals surface area contributed by atoms with Crippen LogP contribution < -0.4 is 9.80 Å². The van der Waals surface area contributed by atoms with E-state index in [9.17, 15) is 14.9 Å². The van der Waals surface area contributed by atoms with E-state index >= 15 is 0 Å². The maximum absolute atomic E-state index is 13.1. The van der Waals surface area contributed by atoms with E-state index in [2.05, 4.69) is 16.0 Å². The molecule has 148 valence electrons. The molecule has 0 atom stereocenters. The average Bonchev–Trinajstić information content (AvgIpc) is 3.49. The average molecular weight is 408 g/mol. The van der Waals surface area contributed by atoms with Crippen molar-refractivity contribution >= 4 is 34.0 Å². The number of hydrogen-bond donors (Lipinski definition) is 0. The number of carbonyl (C=O) groups is 2. The van der Waals surface area contributed by atoms with Crippen LogP contribution in [0.4, 0.5) is 10.8 Å². The number of anilines is 2. The summed E-state index contributed by atoms with van der Waals surface area (Å²) in [5.74, 6) is 1.02. The Morgan fingerprint density at radius 1 is 1.24 bits per heavy atom. The molecule has 0 N–H and O–H groups in total. The van der Waals surface area contributed by atoms with Gasteiger partial charge in [-0.2, -0.15) is 5.26 Å². The van der Waals surface area contributed by atoms with Crippen LogP contribution >= 0.6 is 11.3 Å². The molecule has 2 aromatic rings. The fourth-order valence-corrected chi connectivity index (χ4v) is 5.41. The number of carbonyl (C=O) groups excluding carboxylic acids is 2. The fourth-order valence-electron chi connectivity index (χ4n) is 4.03. The highest BCUT2D eigenvalue weighted by atomic mass is 32.1. The first-order chi connectivity index (χ1) is 14.1. The lowest BCUT2D eigenvalue weighted by atomic mass is 10.0. The van der Waals surface area contributed by atoms with E-state index in [1.54, 1.807) is 13.2 Å². The molecule has 2 aromatic heterocycles. The lowest BCUT2D eigenvalue weighted by Crippen LogP contribution is -2.38. The summed E-state index contributed by atoms with van der Waals surface area (Å²) in [7, 11) is 1.70. The molecule has 0 unspecified atom stereocenters. The number of nitrogens with zero attached hydrogens (tertiary/aromatic N) is 6. The monoisotopic (exact) mass is 408 g/mol. The Bertz CT molecular complexity index is 1050. The van der Waals surface area contributed by atoms with Gasteiger partial charge in [0.2, 0.25) is 5.91 Å². The Kier molecular flexibility index (Phi) is 4.24. The van der Waals surface area contributed by atoms with Gasteiger partial charge in [0, 0.05) is 37.4 Å². The minimum atomic E-state index is -0.0742. The highest BCUT2D eigenvalue weighted by Gasteiger charge is 2.39. The predicted octanol–water partition coefficient (Wildman–Crippen LogP) is 1.80. The minimum absolute atomic E-state index is 0.0114. The number of hydrogen-bond acceptors (Lipinski definition) is 7. The van der Waals surface area contributed by atoms with Crippen molar-refractivity contribution < 1.29 is 9.59 Å². The number of fused-ring (bicyclic) bond motifs is 3. The van der Waals surface area contributed by atoms with Crippen LogP contribution in [0.5, 0.6) is 0 Å². The normalized spacial score (nSPS) is 19.0. The first-order valence-corrected chi connectivity index (χ1v) is 10.5. The Labute approximate surface area is 172 Å². The highest BCUT2D eigenvalue weighted by molar-refractivity contribution is 7.17. The molecular weight excluding hydrogens is 388 g/mol. The Morgan fingerprint density at radius 3 is 2.79 bits per heavy atom. The molecule has 0 spiro atoms. The van der Waals surface area contributed by atoms with Crippen LogP contribution in [0.2, 0.25) is 0 Å². The van der Waals surface area contributed by atoms with Crippen LogP contribution in [0, 0.1) is 17.2 Å². The molecule has 0 aromatic carbocycles. The molecule has 1 aliphatic carbocycles. The molecule has 2 aliphatic heterocycles. The third kappa shape index (κ3) is 3.04. The SMILES string of the molecule is CN1CC(=O)N(CC2CC2)c2sc3c(c2C1=O)CCN(c1nccnc1C#N)C3. The van der Waals surface area contributed by atoms with Crippen LogP contribution in [0.3, 0.4) is 0 Å². The van der Waals surface area contributed by atoms with E-state index < -0.39 is 0 Å². The van der Waals surface area contributed by atoms with Gasteiger partial charge in [0.15, 0.2) is 11.5 Å². The van der Waals surface area contributed by atoms with Crippen molar-refractivity contribution in [3.63, 3.8) is 0 Å². The molecule has 9 heteroatoms. The van der Waals surface area contributed by atoms with Crippen LogP contribution in [-0.2, 0) is 17.8 Å². The summed E-state index contributed by atoms with van der Waals surface area (Å²) >= 11 is 1.54. The molecule has 1 saturated carbocycles. The quantitative estimate of drug-likeness (QED) is 0.769. The maximum Gasteiger partial charge on any atom is 0.257 e. The predicted molar refractivity (Wildman–Crippen MR) is 108 cm³/mol. The molecule has 0 bridgehead atoms. The third-order valence-corrected chi connectivity index (χ3v) is 6.98. The second-order valence-electron chi connectivity index (χ2n) is 7.80. The number of thiophene rings is 1. The van der Waals surface area contributed by atoms with Gasteiger partial charge >= 0.3 is 0 Å². The Hall–Kier alpha value is -2.99. The number of aromatic nitrogens is 2. The first-order valence-electron chi connectivity index (χ1n) is 9.73. The number of nitriles is 1. The van der Waals surface area contributed by atoms with Gasteiger partial charge < -0.3 is 14.7 Å². The molecule has 5 rings (SSSR count). The summed E-state index contributed by atoms with van der Waals surface area (Å²) in [6.45, 7) is 2.03. The van der Waals surface area contributed by atoms with Crippen molar-refractivity contribution in [3.8, 4) is 6.07 Å². The smallest absolute Gasteiger partial charge is 0.257 e. The minimum Gasteiger partial charge on any atom is -0.349 e. The zero-order valence-electron chi connectivity index (χ0n) is 16.1. The van der Waals surface area contributed by atoms with Gasteiger partial charge in [-0.25, -0.2) is 9.97 Å². The molecule has 3 aliphatic rings. The summed E-state index contributed by atoms with van der Waals surface area (Å²) in [6.07, 6.45) is 6.06. The zero-order chi connectivity index (χ0) is 20.1. The van der Waals surface area contributed by atoms with Crippen LogP contribution in [0.1, 0.15) is 39.3 Å². The van der Waals surface area contributed by atoms with Gasteiger partial charge in [-0.1, -0.05) is 0 Å². The topological polar surface area (TPSA) is 93.4 Å². The number of rotatable bonds is 3. The lowest BCUT2D eigenvalue weighted by Gasteiger charge is -2.28. The molecule has 1 fully saturated rings. The Morgan fingerprint density at radius 2 is 2.03 bits per heavy atom. The second kappa shape index (κ2) is 6.81. The summed E-state index contributed by atoms with van der Waals surface area (Å²) in [5, 5.41) is 10.1. The van der Waals surface area contributed by atoms with E-state index in [0.29, 0.717) is 49.0 Å². The van der Waals surface area contributed by atoms with Crippen molar-refractivity contribution in [2.24, 2.45) is 5.92 Å². The van der Waals surface area contributed by atoms with Crippen LogP contribution in [0.15, 0.2) is 12.4 Å². The van der Waals surface area contributed by atoms with Crippen LogP contribution in [-0.4, -0.2) is 53.4 Å². The van der Waals surface area contributed by atoms with Crippen molar-refractivity contribution in [1.29, 1.82) is 5.26 Å². The molecule has 8 nitrogen and oxygen atoms in total. The van der Waals surface area contributed by atoms with Crippen molar-refractivity contribution in [1.82, 2.24) is 14.9 Å². The molecule has 29 heavy (non-hydrogen) atoms. The van der Waals surface area contributed by atoms with Gasteiger partial charge in [-0.3, -0.25) is 9.59 Å². The molecule has 0 saturated heterocycles. The molecule has 4 heterocycles. The van der Waals surface area contributed by atoms with Crippen LogP contribution in [0.25, 0.3) is 0 Å². The first kappa shape index (κ1) is 18.1. The number of likely N-dealkylation sites (N-methyl/N-ethyl adjacent to an activating group) is 1. The van der Waals surface area contributed by atoms with Crippen molar-refractivity contribution in [2.45, 2.75) is 25.8 Å². The van der Waals surface area contributed by atoms with Gasteiger partial charge in [-0.05, 0) is 30.7 Å². The maximum atomic E-state index is 13.1. The largest absolute Gasteiger partial charge is 0.349 e. The van der Waals surface area contributed by atoms with E-state index in [1.165, 1.54) is 22.4 Å². The molecule has 2 amide bonds. The van der Waals surface area contributed by atoms with Crippen molar-refractivity contribution in [3.05, 3.63) is 34.1 Å². The van der Waals surface area contributed by atoms with E-state index in [0.717, 1.165) is 28.3 Å². The fraction of sp³-hybridized carbons (Fsp3) is 0.450. The standard InChI is InChI=1S/C20H20N6O2S/c1-24-11-16(27)26(9-12-2-3-12)20-17(19(24)28)13-4-7-25(10-15(13)29-20)18-14(8-21)22-5-6-23-18/h5-6,12H,2-4,7,9-11H2,1H3. The molecular formula is C20H20N6O2S. The second-order valence-corrected chi connectivity index (χ2v) is 8.89. The van der Waals surface area contributed by atoms with Gasteiger partial charge in [0.05, 0.1) is 12.1 Å². The summed E-state index contributed by atoms with van der Waals surface area (Å²) in [4.78, 5) is 40.9.